The van der Waals surface area contributed by atoms with E-state index in [0.29, 0.717) is 0 Å². The molecule has 0 aliphatic rings. The lowest BCUT2D eigenvalue weighted by molar-refractivity contribution is -0.136. The Hall–Kier alpha value is -0.870. The van der Waals surface area contributed by atoms with Gasteiger partial charge in [-0.05, 0) is 45.4 Å². The molecule has 1 amide bonds. The van der Waals surface area contributed by atoms with E-state index in [1.165, 1.54) is 167 Å². The van der Waals surface area contributed by atoms with Crippen molar-refractivity contribution < 1.29 is 4.79 Å². The van der Waals surface area contributed by atoms with Crippen LogP contribution in [0, 0.1) is 0 Å². The molecule has 41 heavy (non-hydrogen) atoms. The van der Waals surface area contributed by atoms with E-state index in [1.807, 2.05) is 4.90 Å². The van der Waals surface area contributed by atoms with Crippen molar-refractivity contribution >= 4 is 5.91 Å². The van der Waals surface area contributed by atoms with Crippen LogP contribution in [0.2, 0.25) is 0 Å². The maximum atomic E-state index is 12.8. The Kier molecular flexibility index (Phi) is 29.9. The van der Waals surface area contributed by atoms with E-state index in [1.54, 1.807) is 6.92 Å². The number of carbonyl (C=O) groups excluding carboxylic acids is 1. The number of carbonyl (C=O) groups is 1. The van der Waals surface area contributed by atoms with Crippen LogP contribution in [-0.2, 0) is 4.79 Å². The highest BCUT2D eigenvalue weighted by atomic mass is 16.2. The number of allylic oxidation sites excluding steroid dienone is 2. The molecule has 0 radical (unpaired) electrons. The summed E-state index contributed by atoms with van der Waals surface area (Å²) in [6.07, 6.45) is 41.8. The SMILES string of the molecule is CCCCCCCC/C=C\CCCCCCCCN(CCCCCCCCCCCCCCCC)C(=O)C(C)(N)N. The van der Waals surface area contributed by atoms with Crippen molar-refractivity contribution in [3.8, 4) is 0 Å². The van der Waals surface area contributed by atoms with Crippen molar-refractivity contribution in [3.63, 3.8) is 0 Å². The smallest absolute Gasteiger partial charge is 0.256 e. The third-order valence-electron chi connectivity index (χ3n) is 8.47. The van der Waals surface area contributed by atoms with E-state index < -0.39 is 5.66 Å². The second-order valence-electron chi connectivity index (χ2n) is 13.1. The lowest BCUT2D eigenvalue weighted by Gasteiger charge is -2.29. The van der Waals surface area contributed by atoms with Crippen molar-refractivity contribution in [2.75, 3.05) is 13.1 Å². The van der Waals surface area contributed by atoms with Crippen LogP contribution in [0.15, 0.2) is 12.2 Å². The number of amides is 1. The van der Waals surface area contributed by atoms with Crippen LogP contribution in [-0.4, -0.2) is 29.6 Å². The normalized spacial score (nSPS) is 12.0. The minimum Gasteiger partial charge on any atom is -0.340 e. The first-order valence-electron chi connectivity index (χ1n) is 18.5. The third kappa shape index (κ3) is 29.0. The first kappa shape index (κ1) is 40.1. The van der Waals surface area contributed by atoms with Crippen molar-refractivity contribution in [2.45, 2.75) is 206 Å². The van der Waals surface area contributed by atoms with Gasteiger partial charge in [0.1, 0.15) is 5.66 Å². The second-order valence-corrected chi connectivity index (χ2v) is 13.1. The van der Waals surface area contributed by atoms with Crippen LogP contribution in [0.25, 0.3) is 0 Å². The zero-order valence-electron chi connectivity index (χ0n) is 28.4. The first-order valence-corrected chi connectivity index (χ1v) is 18.5. The van der Waals surface area contributed by atoms with Gasteiger partial charge in [0.25, 0.3) is 5.91 Å². The average Bonchev–Trinajstić information content (AvgIpc) is 2.95. The predicted molar refractivity (Wildman–Crippen MR) is 183 cm³/mol. The van der Waals surface area contributed by atoms with Crippen LogP contribution < -0.4 is 11.5 Å². The Balaban J connectivity index is 3.78. The molecule has 0 rings (SSSR count). The van der Waals surface area contributed by atoms with Gasteiger partial charge >= 0.3 is 0 Å². The standard InChI is InChI=1S/C37H75N3O/c1-4-6-8-10-12-14-16-18-20-21-23-25-27-29-31-33-35-40(36(41)37(3,38)39)34-32-30-28-26-24-22-19-17-15-13-11-9-7-5-2/h18,20H,4-17,19,21-35,38-39H2,1-3H3/b20-18-. The summed E-state index contributed by atoms with van der Waals surface area (Å²) in [5.74, 6) is -0.0973. The fraction of sp³-hybridized carbons (Fsp3) is 0.919. The quantitative estimate of drug-likeness (QED) is 0.0474. The molecule has 0 aromatic rings. The number of rotatable bonds is 32. The molecule has 0 bridgehead atoms. The Morgan fingerprint density at radius 1 is 0.488 bits per heavy atom. The van der Waals surface area contributed by atoms with E-state index in [2.05, 4.69) is 26.0 Å². The molecule has 0 aliphatic carbocycles. The number of nitrogens with two attached hydrogens (primary N) is 2. The van der Waals surface area contributed by atoms with Crippen molar-refractivity contribution in [1.29, 1.82) is 0 Å². The second kappa shape index (κ2) is 30.6. The number of nitrogens with zero attached hydrogens (tertiary/aromatic N) is 1. The van der Waals surface area contributed by atoms with E-state index in [0.717, 1.165) is 25.9 Å². The molecule has 4 N–H and O–H groups in total. The topological polar surface area (TPSA) is 72.3 Å². The fourth-order valence-electron chi connectivity index (χ4n) is 5.70. The van der Waals surface area contributed by atoms with Gasteiger partial charge in [0.05, 0.1) is 0 Å². The van der Waals surface area contributed by atoms with Gasteiger partial charge in [-0.15, -0.1) is 0 Å². The lowest BCUT2D eigenvalue weighted by Crippen LogP contribution is -2.59. The van der Waals surface area contributed by atoms with E-state index in [9.17, 15) is 4.79 Å². The highest BCUT2D eigenvalue weighted by molar-refractivity contribution is 5.84. The van der Waals surface area contributed by atoms with Crippen LogP contribution in [0.3, 0.4) is 0 Å². The molecular formula is C37H75N3O. The Morgan fingerprint density at radius 3 is 1.05 bits per heavy atom. The van der Waals surface area contributed by atoms with Gasteiger partial charge in [-0.1, -0.05) is 167 Å². The molecule has 0 aliphatic heterocycles. The van der Waals surface area contributed by atoms with Gasteiger partial charge in [-0.3, -0.25) is 4.79 Å². The Bertz CT molecular complexity index is 569. The Labute approximate surface area is 258 Å². The zero-order chi connectivity index (χ0) is 30.3. The largest absolute Gasteiger partial charge is 0.340 e. The molecule has 244 valence electrons. The molecule has 4 heteroatoms. The minimum atomic E-state index is -1.27. The molecule has 4 nitrogen and oxygen atoms in total. The summed E-state index contributed by atoms with van der Waals surface area (Å²) in [5, 5.41) is 0. The summed E-state index contributed by atoms with van der Waals surface area (Å²) in [4.78, 5) is 14.7. The van der Waals surface area contributed by atoms with Gasteiger partial charge in [0.15, 0.2) is 0 Å². The molecule has 0 aromatic carbocycles. The Morgan fingerprint density at radius 2 is 0.756 bits per heavy atom. The fourth-order valence-corrected chi connectivity index (χ4v) is 5.70. The number of unbranched alkanes of at least 4 members (excludes halogenated alkanes) is 25. The van der Waals surface area contributed by atoms with E-state index >= 15 is 0 Å². The molecule has 0 heterocycles. The molecule has 0 atom stereocenters. The van der Waals surface area contributed by atoms with Gasteiger partial charge in [-0.2, -0.15) is 0 Å². The summed E-state index contributed by atoms with van der Waals surface area (Å²) in [6, 6.07) is 0. The number of hydrogen-bond donors (Lipinski definition) is 2. The zero-order valence-corrected chi connectivity index (χ0v) is 28.4. The lowest BCUT2D eigenvalue weighted by atomic mass is 10.0. The van der Waals surface area contributed by atoms with Crippen LogP contribution in [0.1, 0.15) is 201 Å². The van der Waals surface area contributed by atoms with Gasteiger partial charge < -0.3 is 16.4 Å². The summed E-state index contributed by atoms with van der Waals surface area (Å²) >= 11 is 0. The minimum absolute atomic E-state index is 0.0973. The first-order chi connectivity index (χ1) is 19.9. The maximum absolute atomic E-state index is 12.8. The monoisotopic (exact) mass is 578 g/mol. The van der Waals surface area contributed by atoms with Crippen LogP contribution in [0.4, 0.5) is 0 Å². The summed E-state index contributed by atoms with van der Waals surface area (Å²) < 4.78 is 0. The van der Waals surface area contributed by atoms with Crippen molar-refractivity contribution in [1.82, 2.24) is 4.90 Å². The van der Waals surface area contributed by atoms with Crippen molar-refractivity contribution in [3.05, 3.63) is 12.2 Å². The van der Waals surface area contributed by atoms with Crippen LogP contribution >= 0.6 is 0 Å². The summed E-state index contributed by atoms with van der Waals surface area (Å²) in [6.45, 7) is 7.79. The van der Waals surface area contributed by atoms with Gasteiger partial charge in [-0.25, -0.2) is 0 Å². The number of hydrogen-bond acceptors (Lipinski definition) is 3. The molecule has 0 unspecified atom stereocenters. The molecule has 0 fully saturated rings. The van der Waals surface area contributed by atoms with Crippen LogP contribution in [0.5, 0.6) is 0 Å². The molecule has 0 saturated carbocycles. The summed E-state index contributed by atoms with van der Waals surface area (Å²) in [5.41, 5.74) is 10.7. The summed E-state index contributed by atoms with van der Waals surface area (Å²) in [7, 11) is 0. The van der Waals surface area contributed by atoms with E-state index in [4.69, 9.17) is 11.5 Å². The van der Waals surface area contributed by atoms with Crippen molar-refractivity contribution in [2.24, 2.45) is 11.5 Å². The highest BCUT2D eigenvalue weighted by Gasteiger charge is 2.27. The molecule has 0 spiro atoms. The average molecular weight is 578 g/mol. The van der Waals surface area contributed by atoms with Gasteiger partial charge in [0, 0.05) is 13.1 Å². The van der Waals surface area contributed by atoms with E-state index in [-0.39, 0.29) is 5.91 Å². The third-order valence-corrected chi connectivity index (χ3v) is 8.47. The highest BCUT2D eigenvalue weighted by Crippen LogP contribution is 2.15. The predicted octanol–water partition coefficient (Wildman–Crippen LogP) is 11.0. The molecule has 0 saturated heterocycles. The van der Waals surface area contributed by atoms with Gasteiger partial charge in [0.2, 0.25) is 0 Å². The maximum Gasteiger partial charge on any atom is 0.256 e. The molecular weight excluding hydrogens is 502 g/mol. The molecule has 0 aromatic heterocycles.